The molecule has 8 heteroatoms. The van der Waals surface area contributed by atoms with E-state index in [0.717, 1.165) is 19.6 Å². The largest absolute Gasteiger partial charge is 0.292 e. The fourth-order valence-electron chi connectivity index (χ4n) is 1.31. The van der Waals surface area contributed by atoms with Crippen molar-refractivity contribution in [3.8, 4) is 0 Å². The van der Waals surface area contributed by atoms with Gasteiger partial charge in [-0.1, -0.05) is 0 Å². The zero-order valence-electron chi connectivity index (χ0n) is 8.45. The molecule has 0 aromatic carbocycles. The second kappa shape index (κ2) is 4.57. The average molecular weight is 281 g/mol. The first-order chi connectivity index (χ1) is 8.36. The zero-order valence-corrected chi connectivity index (χ0v) is 10.9. The third-order valence-electron chi connectivity index (χ3n) is 2.01. The van der Waals surface area contributed by atoms with Crippen LogP contribution in [0, 0.1) is 0 Å². The Balaban J connectivity index is 2.10. The molecule has 0 unspecified atom stereocenters. The van der Waals surface area contributed by atoms with E-state index in [9.17, 15) is 0 Å². The van der Waals surface area contributed by atoms with E-state index in [4.69, 9.17) is 5.84 Å². The highest BCUT2D eigenvalue weighted by Crippen LogP contribution is 2.34. The average Bonchev–Trinajstić information content (AvgIpc) is 2.98. The van der Waals surface area contributed by atoms with Crippen molar-refractivity contribution in [3.05, 3.63) is 23.0 Å². The van der Waals surface area contributed by atoms with Crippen LogP contribution in [-0.4, -0.2) is 15.0 Å². The summed E-state index contributed by atoms with van der Waals surface area (Å²) in [6.45, 7) is 0. The van der Waals surface area contributed by atoms with Crippen molar-refractivity contribution >= 4 is 50.6 Å². The highest BCUT2D eigenvalue weighted by molar-refractivity contribution is 8.01. The molecule has 3 rings (SSSR count). The fourth-order valence-corrected chi connectivity index (χ4v) is 3.78. The van der Waals surface area contributed by atoms with Gasteiger partial charge < -0.3 is 0 Å². The number of anilines is 1. The molecule has 0 saturated heterocycles. The van der Waals surface area contributed by atoms with Crippen LogP contribution in [0.15, 0.2) is 32.4 Å². The molecule has 5 nitrogen and oxygen atoms in total. The minimum Gasteiger partial charge on any atom is -0.292 e. The van der Waals surface area contributed by atoms with Crippen LogP contribution in [0.3, 0.4) is 0 Å². The van der Waals surface area contributed by atoms with E-state index in [1.54, 1.807) is 28.9 Å². The molecular formula is C9H7N5S3. The van der Waals surface area contributed by atoms with Crippen LogP contribution in [0.4, 0.5) is 5.95 Å². The van der Waals surface area contributed by atoms with Crippen LogP contribution in [0.2, 0.25) is 0 Å². The van der Waals surface area contributed by atoms with E-state index in [2.05, 4.69) is 20.4 Å². The Bertz CT molecular complexity index is 633. The van der Waals surface area contributed by atoms with Crippen LogP contribution in [0.1, 0.15) is 0 Å². The second-order valence-electron chi connectivity index (χ2n) is 3.04. The first-order valence-electron chi connectivity index (χ1n) is 4.66. The summed E-state index contributed by atoms with van der Waals surface area (Å²) in [6.07, 6.45) is 1.78. The van der Waals surface area contributed by atoms with Gasteiger partial charge in [-0.15, -0.1) is 22.7 Å². The maximum Gasteiger partial charge on any atom is 0.239 e. The van der Waals surface area contributed by atoms with Crippen LogP contribution in [0.5, 0.6) is 0 Å². The van der Waals surface area contributed by atoms with E-state index in [1.165, 1.54) is 11.8 Å². The number of hydrazine groups is 1. The Morgan fingerprint density at radius 1 is 1.24 bits per heavy atom. The van der Waals surface area contributed by atoms with Gasteiger partial charge in [-0.25, -0.2) is 20.8 Å². The zero-order chi connectivity index (χ0) is 11.7. The van der Waals surface area contributed by atoms with E-state index in [0.29, 0.717) is 5.95 Å². The Labute approximate surface area is 109 Å². The summed E-state index contributed by atoms with van der Waals surface area (Å²) in [5.41, 5.74) is 2.48. The van der Waals surface area contributed by atoms with Crippen LogP contribution in [-0.2, 0) is 0 Å². The first-order valence-corrected chi connectivity index (χ1v) is 7.23. The smallest absolute Gasteiger partial charge is 0.239 e. The van der Waals surface area contributed by atoms with Crippen molar-refractivity contribution in [2.45, 2.75) is 9.37 Å². The minimum absolute atomic E-state index is 0.430. The maximum atomic E-state index is 5.36. The van der Waals surface area contributed by atoms with Gasteiger partial charge in [0, 0.05) is 17.0 Å². The molecule has 0 aliphatic rings. The monoisotopic (exact) mass is 281 g/mol. The highest BCUT2D eigenvalue weighted by Gasteiger charge is 2.10. The van der Waals surface area contributed by atoms with E-state index in [-0.39, 0.29) is 0 Å². The van der Waals surface area contributed by atoms with Crippen molar-refractivity contribution in [1.82, 2.24) is 15.0 Å². The quantitative estimate of drug-likeness (QED) is 0.436. The molecule has 0 spiro atoms. The summed E-state index contributed by atoms with van der Waals surface area (Å²) < 4.78 is 0.958. The van der Waals surface area contributed by atoms with Crippen molar-refractivity contribution in [2.75, 3.05) is 5.43 Å². The second-order valence-corrected chi connectivity index (χ2v) is 6.06. The Morgan fingerprint density at radius 3 is 2.94 bits per heavy atom. The summed E-state index contributed by atoms with van der Waals surface area (Å²) in [7, 11) is 0. The Morgan fingerprint density at radius 2 is 2.18 bits per heavy atom. The number of nitrogens with two attached hydrogens (primary N) is 1. The summed E-state index contributed by atoms with van der Waals surface area (Å²) in [4.78, 5) is 13.8. The minimum atomic E-state index is 0.430. The molecule has 0 aliphatic carbocycles. The molecule has 0 fully saturated rings. The molecule has 3 N–H and O–H groups in total. The van der Waals surface area contributed by atoms with Gasteiger partial charge in [-0.05, 0) is 23.2 Å². The molecule has 0 bridgehead atoms. The van der Waals surface area contributed by atoms with E-state index >= 15 is 0 Å². The first kappa shape index (κ1) is 10.9. The molecule has 0 amide bonds. The van der Waals surface area contributed by atoms with Crippen LogP contribution >= 0.6 is 34.4 Å². The normalized spacial score (nSPS) is 10.9. The van der Waals surface area contributed by atoms with Crippen molar-refractivity contribution < 1.29 is 0 Å². The summed E-state index contributed by atoms with van der Waals surface area (Å²) in [6, 6.07) is 2.01. The third-order valence-corrected chi connectivity index (χ3v) is 4.71. The van der Waals surface area contributed by atoms with Crippen molar-refractivity contribution in [1.29, 1.82) is 0 Å². The molecule has 3 heterocycles. The van der Waals surface area contributed by atoms with Gasteiger partial charge in [-0.2, -0.15) is 0 Å². The molecule has 86 valence electrons. The highest BCUT2D eigenvalue weighted by atomic mass is 32.2. The van der Waals surface area contributed by atoms with Gasteiger partial charge in [0.2, 0.25) is 5.95 Å². The molecule has 0 saturated carbocycles. The predicted octanol–water partition coefficient (Wildman–Crippen LogP) is 2.58. The van der Waals surface area contributed by atoms with E-state index < -0.39 is 0 Å². The molecule has 0 atom stereocenters. The number of rotatable bonds is 3. The summed E-state index contributed by atoms with van der Waals surface area (Å²) >= 11 is 4.68. The Hall–Kier alpha value is -1.22. The van der Waals surface area contributed by atoms with Crippen molar-refractivity contribution in [3.63, 3.8) is 0 Å². The number of nitrogen functional groups attached to an aromatic ring is 1. The number of nitrogens with zero attached hydrogens (tertiary/aromatic N) is 3. The molecule has 17 heavy (non-hydrogen) atoms. The summed E-state index contributed by atoms with van der Waals surface area (Å²) in [5.74, 6) is 5.79. The third kappa shape index (κ3) is 2.12. The lowest BCUT2D eigenvalue weighted by atomic mass is 10.4. The van der Waals surface area contributed by atoms with Gasteiger partial charge in [-0.3, -0.25) is 5.43 Å². The topological polar surface area (TPSA) is 76.7 Å². The lowest BCUT2D eigenvalue weighted by Gasteiger charge is -2.02. The van der Waals surface area contributed by atoms with Gasteiger partial charge in [0.15, 0.2) is 4.34 Å². The number of thiophene rings is 1. The van der Waals surface area contributed by atoms with Gasteiger partial charge >= 0.3 is 0 Å². The summed E-state index contributed by atoms with van der Waals surface area (Å²) in [5, 5.41) is 5.84. The predicted molar refractivity (Wildman–Crippen MR) is 71.5 cm³/mol. The number of hydrogen-bond donors (Lipinski definition) is 2. The molecular weight excluding hydrogens is 274 g/mol. The van der Waals surface area contributed by atoms with Gasteiger partial charge in [0.25, 0.3) is 0 Å². The van der Waals surface area contributed by atoms with Crippen LogP contribution < -0.4 is 11.3 Å². The maximum absolute atomic E-state index is 5.36. The van der Waals surface area contributed by atoms with Gasteiger partial charge in [0.05, 0.1) is 0 Å². The number of thiazole rings is 1. The number of aromatic nitrogens is 3. The van der Waals surface area contributed by atoms with E-state index in [1.807, 2.05) is 16.8 Å². The lowest BCUT2D eigenvalue weighted by Crippen LogP contribution is -2.10. The lowest BCUT2D eigenvalue weighted by molar-refractivity contribution is 1.07. The number of hydrogen-bond acceptors (Lipinski definition) is 8. The van der Waals surface area contributed by atoms with Crippen LogP contribution in [0.25, 0.3) is 10.2 Å². The standard InChI is InChI=1S/C9H7N5S3/c10-14-8-12-6-5(1-3-15-6)7(13-8)17-9-11-2-4-16-9/h1-4H,10H2,(H,12,13,14). The molecule has 0 aliphatic heterocycles. The van der Waals surface area contributed by atoms with Gasteiger partial charge in [0.1, 0.15) is 9.86 Å². The molecule has 3 aromatic heterocycles. The number of nitrogens with one attached hydrogen (secondary N) is 1. The fraction of sp³-hybridized carbons (Fsp3) is 0. The number of fused-ring (bicyclic) bond motifs is 1. The SMILES string of the molecule is NNc1nc(Sc2nccs2)c2ccsc2n1. The Kier molecular flexibility index (Phi) is 2.93. The molecule has 0 radical (unpaired) electrons. The van der Waals surface area contributed by atoms with Crippen molar-refractivity contribution in [2.24, 2.45) is 5.84 Å². The molecule has 3 aromatic rings.